The quantitative estimate of drug-likeness (QED) is 0.371. The van der Waals surface area contributed by atoms with Crippen LogP contribution in [0.5, 0.6) is 5.75 Å². The monoisotopic (exact) mass is 234 g/mol. The van der Waals surface area contributed by atoms with Gasteiger partial charge in [-0.05, 0) is 23.7 Å². The van der Waals surface area contributed by atoms with Crippen LogP contribution in [0.15, 0.2) is 60.1 Å². The minimum Gasteiger partial charge on any atom is -0.439 e. The molecule has 1 aromatic rings. The summed E-state index contributed by atoms with van der Waals surface area (Å²) < 4.78 is 5.42. The third-order valence-electron chi connectivity index (χ3n) is 1.55. The first-order valence-corrected chi connectivity index (χ1v) is 4.95. The Labute approximate surface area is 99.2 Å². The highest BCUT2D eigenvalue weighted by atomic mass is 35.5. The highest BCUT2D eigenvalue weighted by Gasteiger charge is 1.98. The van der Waals surface area contributed by atoms with E-state index in [1.54, 1.807) is 30.4 Å². The van der Waals surface area contributed by atoms with Gasteiger partial charge in [-0.15, -0.1) is 0 Å². The van der Waals surface area contributed by atoms with Crippen LogP contribution in [0.4, 0.5) is 0 Å². The molecular weight excluding hydrogens is 224 g/mol. The molecule has 0 fully saturated rings. The zero-order valence-electron chi connectivity index (χ0n) is 8.56. The van der Waals surface area contributed by atoms with Gasteiger partial charge in [0, 0.05) is 6.08 Å². The van der Waals surface area contributed by atoms with Crippen LogP contribution >= 0.6 is 11.6 Å². The Morgan fingerprint density at radius 1 is 1.38 bits per heavy atom. The lowest BCUT2D eigenvalue weighted by Crippen LogP contribution is -2.06. The number of rotatable bonds is 3. The van der Waals surface area contributed by atoms with Gasteiger partial charge >= 0.3 is 0 Å². The summed E-state index contributed by atoms with van der Waals surface area (Å²) in [7, 11) is 0. The van der Waals surface area contributed by atoms with Gasteiger partial charge in [-0.3, -0.25) is 5.41 Å². The molecule has 0 aliphatic rings. The normalized spacial score (nSPS) is 11.4. The number of nitrogens with zero attached hydrogens (tertiary/aromatic N) is 1. The van der Waals surface area contributed by atoms with E-state index in [1.807, 2.05) is 18.2 Å². The maximum absolute atomic E-state index is 7.06. The maximum atomic E-state index is 7.06. The Kier molecular flexibility index (Phi) is 5.02. The van der Waals surface area contributed by atoms with Gasteiger partial charge in [0.1, 0.15) is 5.75 Å². The first kappa shape index (κ1) is 12.2. The average molecular weight is 235 g/mol. The molecule has 0 saturated heterocycles. The smallest absolute Gasteiger partial charge is 0.221 e. The highest BCUT2D eigenvalue weighted by molar-refractivity contribution is 6.64. The van der Waals surface area contributed by atoms with E-state index in [0.29, 0.717) is 5.75 Å². The summed E-state index contributed by atoms with van der Waals surface area (Å²) >= 11 is 5.37. The Morgan fingerprint density at radius 2 is 2.06 bits per heavy atom. The summed E-state index contributed by atoms with van der Waals surface area (Å²) in [6.45, 7) is 3.53. The molecule has 0 heterocycles. The summed E-state index contributed by atoms with van der Waals surface area (Å²) in [4.78, 5) is 3.72. The van der Waals surface area contributed by atoms with Crippen LogP contribution in [-0.4, -0.2) is 11.2 Å². The van der Waals surface area contributed by atoms with E-state index in [4.69, 9.17) is 21.7 Å². The van der Waals surface area contributed by atoms with Crippen LogP contribution in [0.25, 0.3) is 0 Å². The molecular formula is C12H11ClN2O. The number of aliphatic imine (C=N–C) groups is 1. The topological polar surface area (TPSA) is 45.4 Å². The minimum atomic E-state index is -0.334. The second-order valence-corrected chi connectivity index (χ2v) is 3.11. The second kappa shape index (κ2) is 6.58. The molecule has 82 valence electrons. The molecule has 3 nitrogen and oxygen atoms in total. The largest absolute Gasteiger partial charge is 0.439 e. The number of benzene rings is 1. The van der Waals surface area contributed by atoms with Gasteiger partial charge in [-0.1, -0.05) is 36.9 Å². The predicted octanol–water partition coefficient (Wildman–Crippen LogP) is 3.38. The number of para-hydroxylation sites is 1. The Hall–Kier alpha value is -1.87. The Morgan fingerprint density at radius 3 is 2.62 bits per heavy atom. The van der Waals surface area contributed by atoms with Crippen molar-refractivity contribution in [2.45, 2.75) is 0 Å². The molecule has 0 amide bonds. The van der Waals surface area contributed by atoms with Crippen LogP contribution in [0, 0.1) is 5.41 Å². The molecule has 0 aliphatic carbocycles. The summed E-state index contributed by atoms with van der Waals surface area (Å²) in [5.41, 5.74) is 0. The van der Waals surface area contributed by atoms with Crippen molar-refractivity contribution in [3.63, 3.8) is 0 Å². The fraction of sp³-hybridized carbons (Fsp3) is 0. The van der Waals surface area contributed by atoms with E-state index in [9.17, 15) is 0 Å². The standard InChI is InChI=1S/C12H11ClN2O/c1-2-3-9-11(15-12(13)14)16-10-7-5-4-6-8-10/h2-9,14H,1H2/b9-3+,14-12?,15-11?. The van der Waals surface area contributed by atoms with Crippen molar-refractivity contribution >= 4 is 22.8 Å². The van der Waals surface area contributed by atoms with Gasteiger partial charge in [-0.25, -0.2) is 0 Å². The van der Waals surface area contributed by atoms with Gasteiger partial charge in [0.05, 0.1) is 0 Å². The number of nitrogens with one attached hydrogen (secondary N) is 1. The summed E-state index contributed by atoms with van der Waals surface area (Å²) in [6, 6.07) is 9.14. The summed E-state index contributed by atoms with van der Waals surface area (Å²) in [6.07, 6.45) is 4.82. The Balaban J connectivity index is 2.83. The molecule has 0 aliphatic heterocycles. The van der Waals surface area contributed by atoms with E-state index in [2.05, 4.69) is 11.6 Å². The van der Waals surface area contributed by atoms with Crippen molar-refractivity contribution in [1.29, 1.82) is 5.41 Å². The Bertz CT molecular complexity index is 424. The first-order chi connectivity index (χ1) is 7.72. The summed E-state index contributed by atoms with van der Waals surface area (Å²) in [5, 5.41) is 6.73. The van der Waals surface area contributed by atoms with Gasteiger partial charge in [0.25, 0.3) is 0 Å². The molecule has 0 spiro atoms. The molecule has 1 rings (SSSR count). The predicted molar refractivity (Wildman–Crippen MR) is 67.4 cm³/mol. The minimum absolute atomic E-state index is 0.242. The van der Waals surface area contributed by atoms with Gasteiger partial charge in [0.2, 0.25) is 11.2 Å². The van der Waals surface area contributed by atoms with Crippen LogP contribution in [0.3, 0.4) is 0 Å². The number of halogens is 1. The highest BCUT2D eigenvalue weighted by Crippen LogP contribution is 2.09. The molecule has 4 heteroatoms. The first-order valence-electron chi connectivity index (χ1n) is 4.57. The maximum Gasteiger partial charge on any atom is 0.221 e. The van der Waals surface area contributed by atoms with E-state index < -0.39 is 0 Å². The van der Waals surface area contributed by atoms with Crippen molar-refractivity contribution in [1.82, 2.24) is 0 Å². The average Bonchev–Trinajstić information content (AvgIpc) is 2.26. The molecule has 0 unspecified atom stereocenters. The van der Waals surface area contributed by atoms with E-state index >= 15 is 0 Å². The molecule has 1 aromatic carbocycles. The molecule has 0 radical (unpaired) electrons. The number of amidine groups is 1. The number of hydrogen-bond acceptors (Lipinski definition) is 2. The third-order valence-corrected chi connectivity index (χ3v) is 1.63. The lowest BCUT2D eigenvalue weighted by Gasteiger charge is -2.03. The lowest BCUT2D eigenvalue weighted by molar-refractivity contribution is 0.556. The molecule has 0 aromatic heterocycles. The molecule has 0 saturated carbocycles. The zero-order chi connectivity index (χ0) is 11.8. The number of hydrogen-bond donors (Lipinski definition) is 1. The van der Waals surface area contributed by atoms with Gasteiger partial charge in [-0.2, -0.15) is 4.99 Å². The van der Waals surface area contributed by atoms with Gasteiger partial charge < -0.3 is 4.74 Å². The van der Waals surface area contributed by atoms with Crippen molar-refractivity contribution in [3.8, 4) is 5.75 Å². The number of ether oxygens (including phenoxy) is 1. The van der Waals surface area contributed by atoms with Crippen molar-refractivity contribution < 1.29 is 4.74 Å². The van der Waals surface area contributed by atoms with Crippen molar-refractivity contribution in [2.24, 2.45) is 4.99 Å². The fourth-order valence-corrected chi connectivity index (χ4v) is 1.03. The molecule has 0 bridgehead atoms. The zero-order valence-corrected chi connectivity index (χ0v) is 9.32. The summed E-state index contributed by atoms with van der Waals surface area (Å²) in [5.74, 6) is 0.874. The van der Waals surface area contributed by atoms with E-state index in [-0.39, 0.29) is 11.2 Å². The molecule has 1 N–H and O–H groups in total. The van der Waals surface area contributed by atoms with Crippen molar-refractivity contribution in [2.75, 3.05) is 0 Å². The van der Waals surface area contributed by atoms with E-state index in [1.165, 1.54) is 0 Å². The van der Waals surface area contributed by atoms with Crippen molar-refractivity contribution in [3.05, 3.63) is 55.1 Å². The fourth-order valence-electron chi connectivity index (χ4n) is 0.950. The van der Waals surface area contributed by atoms with Crippen LogP contribution in [0.2, 0.25) is 0 Å². The molecule has 16 heavy (non-hydrogen) atoms. The number of allylic oxidation sites excluding steroid dienone is 2. The second-order valence-electron chi connectivity index (χ2n) is 2.75. The van der Waals surface area contributed by atoms with E-state index in [0.717, 1.165) is 0 Å². The SMILES string of the molecule is C=C/C=C/C(=NC(=N)Cl)Oc1ccccc1. The van der Waals surface area contributed by atoms with Crippen LogP contribution in [-0.2, 0) is 0 Å². The van der Waals surface area contributed by atoms with Gasteiger partial charge in [0.15, 0.2) is 0 Å². The van der Waals surface area contributed by atoms with Crippen LogP contribution in [0.1, 0.15) is 0 Å². The molecule has 0 atom stereocenters. The lowest BCUT2D eigenvalue weighted by atomic mass is 10.3. The third kappa shape index (κ3) is 4.57. The van der Waals surface area contributed by atoms with Crippen LogP contribution < -0.4 is 4.74 Å².